The summed E-state index contributed by atoms with van der Waals surface area (Å²) in [4.78, 5) is 12.0. The zero-order valence-electron chi connectivity index (χ0n) is 15.5. The fourth-order valence-electron chi connectivity index (χ4n) is 7.18. The fraction of sp³-hybridized carbons (Fsp3) is 0.857. The Morgan fingerprint density at radius 2 is 2.04 bits per heavy atom. The van der Waals surface area contributed by atoms with E-state index in [1.54, 1.807) is 0 Å². The number of ketones is 1. The summed E-state index contributed by atoms with van der Waals surface area (Å²) in [6.45, 7) is 4.62. The first-order chi connectivity index (χ1) is 11.9. The van der Waals surface area contributed by atoms with E-state index in [2.05, 4.69) is 13.8 Å². The Kier molecular flexibility index (Phi) is 4.57. The largest absolute Gasteiger partial charge is 0.371 e. The van der Waals surface area contributed by atoms with Crippen molar-refractivity contribution in [3.8, 4) is 0 Å². The molecule has 25 heavy (non-hydrogen) atoms. The summed E-state index contributed by atoms with van der Waals surface area (Å²) in [7, 11) is 0. The minimum Gasteiger partial charge on any atom is -0.371 e. The molecule has 3 nitrogen and oxygen atoms in total. The predicted octanol–water partition coefficient (Wildman–Crippen LogP) is 4.32. The molecule has 4 heteroatoms. The molecule has 0 aromatic heterocycles. The van der Waals surface area contributed by atoms with Crippen LogP contribution < -0.4 is 0 Å². The maximum absolute atomic E-state index is 12.0. The lowest BCUT2D eigenvalue weighted by atomic mass is 9.45. The maximum Gasteiger partial charge on any atom is 0.155 e. The highest BCUT2D eigenvalue weighted by atomic mass is 35.5. The number of hydrogen-bond donors (Lipinski definition) is 1. The van der Waals surface area contributed by atoms with Crippen molar-refractivity contribution >= 4 is 17.4 Å². The van der Waals surface area contributed by atoms with E-state index in [0.29, 0.717) is 41.8 Å². The minimum atomic E-state index is -0.174. The first-order valence-corrected chi connectivity index (χ1v) is 10.5. The van der Waals surface area contributed by atoms with Gasteiger partial charge in [-0.3, -0.25) is 4.79 Å². The van der Waals surface area contributed by atoms with E-state index in [9.17, 15) is 9.90 Å². The highest BCUT2D eigenvalue weighted by Gasteiger charge is 2.61. The van der Waals surface area contributed by atoms with Gasteiger partial charge >= 0.3 is 0 Å². The lowest BCUT2D eigenvalue weighted by molar-refractivity contribution is -0.137. The summed E-state index contributed by atoms with van der Waals surface area (Å²) < 4.78 is 5.74. The van der Waals surface area contributed by atoms with Gasteiger partial charge in [-0.05, 0) is 79.1 Å². The standard InChI is InChI=1S/C21H31ClO3/c1-20-7-5-15(24)10-14(20)9-13(11-22)19-16-3-4-18(25-12-23)21(16,2)8-6-17(19)20/h10,13,16-19,23H,3-9,11-12H2,1-2H3/t13?,16?,17?,18-,19?,20-,21-/m0/s1. The van der Waals surface area contributed by atoms with Crippen LogP contribution >= 0.6 is 11.6 Å². The molecule has 1 N–H and O–H groups in total. The maximum atomic E-state index is 12.0. The van der Waals surface area contributed by atoms with Crippen LogP contribution in [0.5, 0.6) is 0 Å². The van der Waals surface area contributed by atoms with Crippen LogP contribution in [0.15, 0.2) is 11.6 Å². The number of allylic oxidation sites excluding steroid dienone is 1. The fourth-order valence-corrected chi connectivity index (χ4v) is 7.49. The zero-order valence-corrected chi connectivity index (χ0v) is 16.2. The topological polar surface area (TPSA) is 46.5 Å². The number of ether oxygens (including phenoxy) is 1. The van der Waals surface area contributed by atoms with Crippen molar-refractivity contribution in [3.05, 3.63) is 11.6 Å². The van der Waals surface area contributed by atoms with Gasteiger partial charge in [-0.25, -0.2) is 0 Å². The summed E-state index contributed by atoms with van der Waals surface area (Å²) in [6, 6.07) is 0. The molecule has 0 radical (unpaired) electrons. The highest BCUT2D eigenvalue weighted by Crippen LogP contribution is 2.67. The van der Waals surface area contributed by atoms with Crippen LogP contribution in [0.4, 0.5) is 0 Å². The molecule has 7 atom stereocenters. The molecule has 0 heterocycles. The minimum absolute atomic E-state index is 0.163. The molecular formula is C21H31ClO3. The van der Waals surface area contributed by atoms with Gasteiger partial charge < -0.3 is 9.84 Å². The molecule has 4 aliphatic carbocycles. The number of fused-ring (bicyclic) bond motifs is 5. The third-order valence-electron chi connectivity index (χ3n) is 8.52. The van der Waals surface area contributed by atoms with E-state index in [1.165, 1.54) is 18.4 Å². The average Bonchev–Trinajstić information content (AvgIpc) is 2.92. The van der Waals surface area contributed by atoms with Gasteiger partial charge in [-0.1, -0.05) is 19.4 Å². The van der Waals surface area contributed by atoms with Crippen LogP contribution in [0.2, 0.25) is 0 Å². The molecule has 0 aromatic rings. The number of rotatable bonds is 3. The summed E-state index contributed by atoms with van der Waals surface area (Å²) in [6.07, 6.45) is 9.43. The van der Waals surface area contributed by atoms with Crippen LogP contribution in [-0.2, 0) is 9.53 Å². The lowest BCUT2D eigenvalue weighted by Crippen LogP contribution is -2.54. The van der Waals surface area contributed by atoms with Crippen LogP contribution in [0.1, 0.15) is 58.8 Å². The van der Waals surface area contributed by atoms with Gasteiger partial charge in [0, 0.05) is 12.3 Å². The number of carbonyl (C=O) groups is 1. The van der Waals surface area contributed by atoms with Gasteiger partial charge in [-0.15, -0.1) is 11.6 Å². The second kappa shape index (κ2) is 6.35. The molecule has 0 amide bonds. The van der Waals surface area contributed by atoms with Crippen LogP contribution in [-0.4, -0.2) is 29.7 Å². The summed E-state index contributed by atoms with van der Waals surface area (Å²) in [5.74, 6) is 3.34. The molecule has 0 spiro atoms. The number of aliphatic hydroxyl groups is 1. The number of hydrogen-bond acceptors (Lipinski definition) is 3. The molecule has 3 saturated carbocycles. The van der Waals surface area contributed by atoms with Crippen molar-refractivity contribution in [3.63, 3.8) is 0 Å². The predicted molar refractivity (Wildman–Crippen MR) is 98.3 cm³/mol. The van der Waals surface area contributed by atoms with Crippen LogP contribution in [0, 0.1) is 34.5 Å². The number of carbonyl (C=O) groups excluding carboxylic acids is 1. The summed E-state index contributed by atoms with van der Waals surface area (Å²) in [5.41, 5.74) is 1.72. The second-order valence-corrected chi connectivity index (χ2v) is 9.68. The second-order valence-electron chi connectivity index (χ2n) is 9.37. The Hall–Kier alpha value is -0.380. The molecule has 4 rings (SSSR count). The molecule has 3 fully saturated rings. The Bertz CT molecular complexity index is 588. The first kappa shape index (κ1) is 18.0. The van der Waals surface area contributed by atoms with Gasteiger partial charge in [0.1, 0.15) is 6.79 Å². The van der Waals surface area contributed by atoms with Gasteiger partial charge in [0.05, 0.1) is 6.10 Å². The third-order valence-corrected chi connectivity index (χ3v) is 8.92. The van der Waals surface area contributed by atoms with E-state index < -0.39 is 0 Å². The Balaban J connectivity index is 1.70. The quantitative estimate of drug-likeness (QED) is 0.597. The average molecular weight is 367 g/mol. The molecule has 4 unspecified atom stereocenters. The number of halogens is 1. The van der Waals surface area contributed by atoms with Gasteiger partial charge in [0.25, 0.3) is 0 Å². The van der Waals surface area contributed by atoms with Crippen LogP contribution in [0.3, 0.4) is 0 Å². The zero-order chi connectivity index (χ0) is 17.8. The highest BCUT2D eigenvalue weighted by molar-refractivity contribution is 6.18. The summed E-state index contributed by atoms with van der Waals surface area (Å²) >= 11 is 6.46. The molecular weight excluding hydrogens is 336 g/mol. The smallest absolute Gasteiger partial charge is 0.155 e. The van der Waals surface area contributed by atoms with Crippen molar-refractivity contribution < 1.29 is 14.6 Å². The van der Waals surface area contributed by atoms with Crippen molar-refractivity contribution in [2.24, 2.45) is 34.5 Å². The number of aliphatic hydroxyl groups excluding tert-OH is 1. The van der Waals surface area contributed by atoms with E-state index in [0.717, 1.165) is 25.7 Å². The van der Waals surface area contributed by atoms with E-state index in [1.807, 2.05) is 6.08 Å². The van der Waals surface area contributed by atoms with Gasteiger partial charge in [0.15, 0.2) is 5.78 Å². The Morgan fingerprint density at radius 1 is 1.24 bits per heavy atom. The van der Waals surface area contributed by atoms with Crippen molar-refractivity contribution in [1.82, 2.24) is 0 Å². The Labute approximate surface area is 156 Å². The van der Waals surface area contributed by atoms with E-state index in [-0.39, 0.29) is 23.7 Å². The molecule has 0 saturated heterocycles. The SMILES string of the molecule is C[C@]12CCC(=O)C=C1CC(CCl)C1C2CC[C@@]2(C)C1CC[C@@H]2OCO. The lowest BCUT2D eigenvalue weighted by Gasteiger charge is -2.60. The number of alkyl halides is 1. The molecule has 4 aliphatic rings. The van der Waals surface area contributed by atoms with Crippen molar-refractivity contribution in [1.29, 1.82) is 0 Å². The normalized spacial score (nSPS) is 49.2. The molecule has 0 aromatic carbocycles. The monoisotopic (exact) mass is 366 g/mol. The van der Waals surface area contributed by atoms with Gasteiger partial charge in [-0.2, -0.15) is 0 Å². The van der Waals surface area contributed by atoms with Crippen molar-refractivity contribution in [2.45, 2.75) is 64.9 Å². The van der Waals surface area contributed by atoms with E-state index >= 15 is 0 Å². The molecule has 140 valence electrons. The molecule has 0 aliphatic heterocycles. The van der Waals surface area contributed by atoms with Crippen molar-refractivity contribution in [2.75, 3.05) is 12.7 Å². The van der Waals surface area contributed by atoms with Gasteiger partial charge in [0.2, 0.25) is 0 Å². The van der Waals surface area contributed by atoms with Crippen LogP contribution in [0.25, 0.3) is 0 Å². The Morgan fingerprint density at radius 3 is 2.76 bits per heavy atom. The van der Waals surface area contributed by atoms with E-state index in [4.69, 9.17) is 16.3 Å². The summed E-state index contributed by atoms with van der Waals surface area (Å²) in [5, 5.41) is 9.30. The third kappa shape index (κ3) is 2.56. The first-order valence-electron chi connectivity index (χ1n) is 9.96. The molecule has 0 bridgehead atoms.